The summed E-state index contributed by atoms with van der Waals surface area (Å²) in [6.45, 7) is 1.73. The fourth-order valence-electron chi connectivity index (χ4n) is 3.10. The maximum Gasteiger partial charge on any atom is 0.354 e. The standard InChI is InChI=1S/C22H17ClN6O2/c1-13-16-12-25-21(24)27-20(16)28-22(31)29(13)18-11-15(8-9-17(18)23)26-19(30)10-7-14-5-3-2-4-6-14/h2-12H,1H3,(H,26,30)(H2,24,27,28,31). The third kappa shape index (κ3) is 4.29. The number of halogens is 1. The maximum absolute atomic E-state index is 12.7. The van der Waals surface area contributed by atoms with Crippen molar-refractivity contribution in [1.29, 1.82) is 0 Å². The molecule has 0 saturated heterocycles. The Morgan fingerprint density at radius 3 is 2.71 bits per heavy atom. The number of anilines is 2. The molecule has 4 rings (SSSR count). The molecule has 2 heterocycles. The number of nitrogens with one attached hydrogen (secondary N) is 1. The van der Waals surface area contributed by atoms with E-state index < -0.39 is 5.69 Å². The average molecular weight is 433 g/mol. The summed E-state index contributed by atoms with van der Waals surface area (Å²) in [7, 11) is 0. The fourth-order valence-corrected chi connectivity index (χ4v) is 3.30. The summed E-state index contributed by atoms with van der Waals surface area (Å²) in [5, 5.41) is 3.65. The summed E-state index contributed by atoms with van der Waals surface area (Å²) in [6, 6.07) is 14.3. The molecule has 2 aromatic heterocycles. The lowest BCUT2D eigenvalue weighted by atomic mass is 10.2. The van der Waals surface area contributed by atoms with Crippen molar-refractivity contribution in [1.82, 2.24) is 19.5 Å². The Morgan fingerprint density at radius 1 is 1.16 bits per heavy atom. The highest BCUT2D eigenvalue weighted by Gasteiger charge is 2.15. The van der Waals surface area contributed by atoms with Gasteiger partial charge in [-0.2, -0.15) is 9.97 Å². The maximum atomic E-state index is 12.7. The van der Waals surface area contributed by atoms with Gasteiger partial charge in [-0.25, -0.2) is 9.78 Å². The van der Waals surface area contributed by atoms with Gasteiger partial charge < -0.3 is 11.1 Å². The first-order chi connectivity index (χ1) is 14.9. The van der Waals surface area contributed by atoms with Crippen molar-refractivity contribution in [3.05, 3.63) is 87.6 Å². The SMILES string of the molecule is Cc1c2cnc(N)nc2nc(=O)n1-c1cc(NC(=O)C=Cc2ccccc2)ccc1Cl. The molecule has 154 valence electrons. The number of nitrogens with zero attached hydrogens (tertiary/aromatic N) is 4. The highest BCUT2D eigenvalue weighted by molar-refractivity contribution is 6.32. The number of aromatic nitrogens is 4. The van der Waals surface area contributed by atoms with Crippen LogP contribution >= 0.6 is 11.6 Å². The van der Waals surface area contributed by atoms with Gasteiger partial charge in [-0.1, -0.05) is 41.9 Å². The van der Waals surface area contributed by atoms with Gasteiger partial charge in [0, 0.05) is 23.7 Å². The number of amides is 1. The third-order valence-electron chi connectivity index (χ3n) is 4.59. The number of carbonyl (C=O) groups is 1. The Balaban J connectivity index is 1.69. The van der Waals surface area contributed by atoms with E-state index in [9.17, 15) is 9.59 Å². The van der Waals surface area contributed by atoms with Crippen molar-refractivity contribution in [3.63, 3.8) is 0 Å². The van der Waals surface area contributed by atoms with Crippen LogP contribution < -0.4 is 16.7 Å². The number of carbonyl (C=O) groups excluding carboxylic acids is 1. The van der Waals surface area contributed by atoms with E-state index in [-0.39, 0.29) is 17.5 Å². The normalized spacial score (nSPS) is 11.2. The minimum Gasteiger partial charge on any atom is -0.368 e. The molecule has 0 aliphatic carbocycles. The van der Waals surface area contributed by atoms with Gasteiger partial charge >= 0.3 is 5.69 Å². The van der Waals surface area contributed by atoms with E-state index in [1.807, 2.05) is 30.3 Å². The highest BCUT2D eigenvalue weighted by Crippen LogP contribution is 2.26. The zero-order valence-electron chi connectivity index (χ0n) is 16.4. The molecular formula is C22H17ClN6O2. The van der Waals surface area contributed by atoms with Crippen LogP contribution in [0.3, 0.4) is 0 Å². The smallest absolute Gasteiger partial charge is 0.354 e. The molecule has 9 heteroatoms. The van der Waals surface area contributed by atoms with Crippen LogP contribution in [-0.4, -0.2) is 25.4 Å². The molecule has 2 aromatic carbocycles. The number of benzene rings is 2. The van der Waals surface area contributed by atoms with Gasteiger partial charge in [-0.05, 0) is 36.8 Å². The lowest BCUT2D eigenvalue weighted by Gasteiger charge is -2.14. The Bertz CT molecular complexity index is 1380. The van der Waals surface area contributed by atoms with Crippen molar-refractivity contribution in [2.45, 2.75) is 6.92 Å². The molecule has 3 N–H and O–H groups in total. The van der Waals surface area contributed by atoms with Crippen LogP contribution in [0.5, 0.6) is 0 Å². The molecule has 0 atom stereocenters. The van der Waals surface area contributed by atoms with Gasteiger partial charge in [0.15, 0.2) is 5.65 Å². The first-order valence-corrected chi connectivity index (χ1v) is 9.66. The first-order valence-electron chi connectivity index (χ1n) is 9.28. The van der Waals surface area contributed by atoms with Crippen LogP contribution in [0.15, 0.2) is 65.6 Å². The van der Waals surface area contributed by atoms with Gasteiger partial charge in [-0.3, -0.25) is 9.36 Å². The number of rotatable bonds is 4. The van der Waals surface area contributed by atoms with Crippen LogP contribution in [0.1, 0.15) is 11.3 Å². The van der Waals surface area contributed by atoms with Crippen LogP contribution in [0.4, 0.5) is 11.6 Å². The summed E-state index contributed by atoms with van der Waals surface area (Å²) in [5.74, 6) is -0.287. The predicted octanol–water partition coefficient (Wildman–Crippen LogP) is 3.37. The molecule has 4 aromatic rings. The molecule has 0 spiro atoms. The second-order valence-corrected chi connectivity index (χ2v) is 7.09. The minimum atomic E-state index is -0.572. The lowest BCUT2D eigenvalue weighted by molar-refractivity contribution is -0.111. The second kappa shape index (κ2) is 8.37. The molecule has 0 aliphatic heterocycles. The number of nitrogens with two attached hydrogens (primary N) is 1. The summed E-state index contributed by atoms with van der Waals surface area (Å²) in [5.41, 5.74) is 7.52. The van der Waals surface area contributed by atoms with Gasteiger partial charge in [0.05, 0.1) is 16.1 Å². The Kier molecular flexibility index (Phi) is 5.46. The molecule has 0 aliphatic rings. The molecule has 8 nitrogen and oxygen atoms in total. The van der Waals surface area contributed by atoms with Crippen molar-refractivity contribution in [2.24, 2.45) is 0 Å². The van der Waals surface area contributed by atoms with Crippen molar-refractivity contribution in [3.8, 4) is 5.69 Å². The number of hydrogen-bond donors (Lipinski definition) is 2. The molecule has 1 amide bonds. The molecule has 0 fully saturated rings. The quantitative estimate of drug-likeness (QED) is 0.477. The van der Waals surface area contributed by atoms with E-state index in [1.54, 1.807) is 31.2 Å². The van der Waals surface area contributed by atoms with Crippen molar-refractivity contribution < 1.29 is 4.79 Å². The molecule has 0 saturated carbocycles. The van der Waals surface area contributed by atoms with E-state index in [4.69, 9.17) is 17.3 Å². The second-order valence-electron chi connectivity index (χ2n) is 6.68. The predicted molar refractivity (Wildman–Crippen MR) is 121 cm³/mol. The fraction of sp³-hybridized carbons (Fsp3) is 0.0455. The summed E-state index contributed by atoms with van der Waals surface area (Å²) in [4.78, 5) is 37.0. The molecular weight excluding hydrogens is 416 g/mol. The van der Waals surface area contributed by atoms with Crippen LogP contribution in [0.25, 0.3) is 22.8 Å². The van der Waals surface area contributed by atoms with E-state index in [2.05, 4.69) is 20.3 Å². The lowest BCUT2D eigenvalue weighted by Crippen LogP contribution is -2.24. The van der Waals surface area contributed by atoms with Crippen LogP contribution in [-0.2, 0) is 4.79 Å². The highest BCUT2D eigenvalue weighted by atomic mass is 35.5. The zero-order chi connectivity index (χ0) is 22.0. The third-order valence-corrected chi connectivity index (χ3v) is 4.91. The van der Waals surface area contributed by atoms with Gasteiger partial charge in [0.1, 0.15) is 0 Å². The number of nitrogen functional groups attached to an aromatic ring is 1. The average Bonchev–Trinajstić information content (AvgIpc) is 2.75. The minimum absolute atomic E-state index is 0.0304. The van der Waals surface area contributed by atoms with Crippen LogP contribution in [0, 0.1) is 6.92 Å². The van der Waals surface area contributed by atoms with Gasteiger partial charge in [0.25, 0.3) is 0 Å². The first kappa shape index (κ1) is 20.2. The van der Waals surface area contributed by atoms with Crippen LogP contribution in [0.2, 0.25) is 5.02 Å². The monoisotopic (exact) mass is 432 g/mol. The summed E-state index contributed by atoms with van der Waals surface area (Å²) in [6.07, 6.45) is 4.64. The largest absolute Gasteiger partial charge is 0.368 e. The summed E-state index contributed by atoms with van der Waals surface area (Å²) < 4.78 is 1.35. The van der Waals surface area contributed by atoms with E-state index in [1.165, 1.54) is 16.8 Å². The molecule has 0 bridgehead atoms. The van der Waals surface area contributed by atoms with E-state index in [0.29, 0.717) is 27.5 Å². The Hall–Kier alpha value is -4.04. The summed E-state index contributed by atoms with van der Waals surface area (Å²) >= 11 is 6.36. The Morgan fingerprint density at radius 2 is 1.94 bits per heavy atom. The molecule has 0 radical (unpaired) electrons. The van der Waals surface area contributed by atoms with Gasteiger partial charge in [-0.15, -0.1) is 0 Å². The topological polar surface area (TPSA) is 116 Å². The Labute approximate surface area is 182 Å². The molecule has 31 heavy (non-hydrogen) atoms. The van der Waals surface area contributed by atoms with Crippen molar-refractivity contribution in [2.75, 3.05) is 11.1 Å². The van der Waals surface area contributed by atoms with E-state index in [0.717, 1.165) is 5.56 Å². The number of hydrogen-bond acceptors (Lipinski definition) is 6. The van der Waals surface area contributed by atoms with Crippen molar-refractivity contribution >= 4 is 46.3 Å². The van der Waals surface area contributed by atoms with Gasteiger partial charge in [0.2, 0.25) is 11.9 Å². The number of aryl methyl sites for hydroxylation is 1. The van der Waals surface area contributed by atoms with E-state index >= 15 is 0 Å². The molecule has 0 unspecified atom stereocenters. The zero-order valence-corrected chi connectivity index (χ0v) is 17.2. The number of fused-ring (bicyclic) bond motifs is 1.